The smallest absolute Gasteiger partial charge is 0.151 e. The van der Waals surface area contributed by atoms with Crippen LogP contribution in [0.4, 0.5) is 4.39 Å². The quantitative estimate of drug-likeness (QED) is 0.862. The molecule has 1 aromatic heterocycles. The van der Waals surface area contributed by atoms with Gasteiger partial charge in [0.15, 0.2) is 9.84 Å². The molecule has 2 aromatic rings. The van der Waals surface area contributed by atoms with E-state index in [1.54, 1.807) is 12.3 Å². The highest BCUT2D eigenvalue weighted by Crippen LogP contribution is 2.34. The van der Waals surface area contributed by atoms with Gasteiger partial charge in [0.25, 0.3) is 0 Å². The lowest BCUT2D eigenvalue weighted by molar-refractivity contribution is 0.193. The number of benzene rings is 1. The zero-order valence-corrected chi connectivity index (χ0v) is 13.6. The first kappa shape index (κ1) is 15.0. The van der Waals surface area contributed by atoms with Crippen LogP contribution in [0.15, 0.2) is 30.5 Å². The Morgan fingerprint density at radius 2 is 2.04 bits per heavy atom. The van der Waals surface area contributed by atoms with Crippen molar-refractivity contribution >= 4 is 20.7 Å². The number of sulfone groups is 1. The molecule has 6 heteroatoms. The van der Waals surface area contributed by atoms with Gasteiger partial charge < -0.3 is 0 Å². The van der Waals surface area contributed by atoms with Gasteiger partial charge in [0, 0.05) is 30.2 Å². The maximum Gasteiger partial charge on any atom is 0.151 e. The molecule has 0 amide bonds. The molecule has 1 aliphatic carbocycles. The van der Waals surface area contributed by atoms with E-state index in [1.807, 2.05) is 6.07 Å². The number of hydrogen-bond donors (Lipinski definition) is 0. The van der Waals surface area contributed by atoms with Gasteiger partial charge in [-0.3, -0.25) is 9.88 Å². The molecule has 2 fully saturated rings. The van der Waals surface area contributed by atoms with Crippen LogP contribution in [0.2, 0.25) is 0 Å². The zero-order chi connectivity index (χ0) is 16.0. The van der Waals surface area contributed by atoms with Crippen molar-refractivity contribution in [3.63, 3.8) is 0 Å². The number of fused-ring (bicyclic) bond motifs is 1. The van der Waals surface area contributed by atoms with Crippen molar-refractivity contribution in [2.45, 2.75) is 37.9 Å². The molecule has 0 spiro atoms. The largest absolute Gasteiger partial charge is 0.292 e. The van der Waals surface area contributed by atoms with Crippen molar-refractivity contribution in [2.24, 2.45) is 0 Å². The number of halogens is 1. The number of hydrogen-bond acceptors (Lipinski definition) is 4. The normalized spacial score (nSPS) is 23.7. The van der Waals surface area contributed by atoms with Crippen molar-refractivity contribution in [1.29, 1.82) is 0 Å². The monoisotopic (exact) mass is 334 g/mol. The van der Waals surface area contributed by atoms with Crippen LogP contribution in [-0.4, -0.2) is 41.9 Å². The van der Waals surface area contributed by atoms with Crippen LogP contribution in [0.5, 0.6) is 0 Å². The first-order valence-corrected chi connectivity index (χ1v) is 9.83. The van der Waals surface area contributed by atoms with Crippen LogP contribution >= 0.6 is 0 Å². The Morgan fingerprint density at radius 3 is 2.74 bits per heavy atom. The summed E-state index contributed by atoms with van der Waals surface area (Å²) in [7, 11) is -2.92. The fourth-order valence-corrected chi connectivity index (χ4v) is 5.29. The number of pyridine rings is 1. The number of rotatable bonds is 4. The summed E-state index contributed by atoms with van der Waals surface area (Å²) in [4.78, 5) is 6.66. The second-order valence-corrected chi connectivity index (χ2v) is 8.83. The van der Waals surface area contributed by atoms with Crippen molar-refractivity contribution in [1.82, 2.24) is 9.88 Å². The zero-order valence-electron chi connectivity index (χ0n) is 12.8. The molecule has 122 valence electrons. The fourth-order valence-electron chi connectivity index (χ4n) is 3.54. The third-order valence-corrected chi connectivity index (χ3v) is 6.55. The van der Waals surface area contributed by atoms with Gasteiger partial charge in [0.05, 0.1) is 17.0 Å². The van der Waals surface area contributed by atoms with E-state index in [9.17, 15) is 12.8 Å². The highest BCUT2D eigenvalue weighted by Gasteiger charge is 2.39. The van der Waals surface area contributed by atoms with E-state index in [2.05, 4.69) is 9.88 Å². The third kappa shape index (κ3) is 3.10. The molecule has 1 aliphatic heterocycles. The van der Waals surface area contributed by atoms with E-state index >= 15 is 0 Å². The fraction of sp³-hybridized carbons (Fsp3) is 0.471. The highest BCUT2D eigenvalue weighted by molar-refractivity contribution is 7.91. The van der Waals surface area contributed by atoms with E-state index in [-0.39, 0.29) is 23.4 Å². The summed E-state index contributed by atoms with van der Waals surface area (Å²) < 4.78 is 37.5. The minimum Gasteiger partial charge on any atom is -0.292 e. The SMILES string of the molecule is O=S1(=O)CC[C@@H](N(Cc2cc(F)cc3cccnc23)C2CC2)C1. The Kier molecular flexibility index (Phi) is 3.61. The molecular weight excluding hydrogens is 315 g/mol. The molecule has 0 unspecified atom stereocenters. The van der Waals surface area contributed by atoms with Gasteiger partial charge in [-0.1, -0.05) is 6.07 Å². The molecule has 1 aromatic carbocycles. The van der Waals surface area contributed by atoms with E-state index in [1.165, 1.54) is 12.1 Å². The standard InChI is InChI=1S/C17H19FN2O2S/c18-14-8-12-2-1-6-19-17(12)13(9-14)10-20(15-3-4-15)16-5-7-23(21,22)11-16/h1-2,6,8-9,15-16H,3-5,7,10-11H2/t16-/m1/s1. The van der Waals surface area contributed by atoms with Crippen LogP contribution in [0.1, 0.15) is 24.8 Å². The summed E-state index contributed by atoms with van der Waals surface area (Å²) in [6, 6.07) is 7.16. The van der Waals surface area contributed by atoms with Crippen molar-refractivity contribution < 1.29 is 12.8 Å². The Bertz CT molecular complexity index is 849. The van der Waals surface area contributed by atoms with Gasteiger partial charge >= 0.3 is 0 Å². The van der Waals surface area contributed by atoms with Gasteiger partial charge in [-0.05, 0) is 43.0 Å². The lowest BCUT2D eigenvalue weighted by Crippen LogP contribution is -2.37. The molecule has 0 radical (unpaired) electrons. The Hall–Kier alpha value is -1.53. The Balaban J connectivity index is 1.68. The van der Waals surface area contributed by atoms with Gasteiger partial charge in [0.1, 0.15) is 5.82 Å². The summed E-state index contributed by atoms with van der Waals surface area (Å²) in [6.45, 7) is 0.566. The topological polar surface area (TPSA) is 50.3 Å². The van der Waals surface area contributed by atoms with Crippen LogP contribution in [-0.2, 0) is 16.4 Å². The van der Waals surface area contributed by atoms with E-state index in [0.717, 1.165) is 29.3 Å². The molecule has 4 rings (SSSR count). The van der Waals surface area contributed by atoms with Crippen LogP contribution in [0.3, 0.4) is 0 Å². The minimum absolute atomic E-state index is 0.0505. The van der Waals surface area contributed by atoms with Crippen LogP contribution < -0.4 is 0 Å². The second-order valence-electron chi connectivity index (χ2n) is 6.60. The molecule has 1 saturated heterocycles. The van der Waals surface area contributed by atoms with E-state index < -0.39 is 9.84 Å². The molecule has 2 aliphatic rings. The van der Waals surface area contributed by atoms with Crippen LogP contribution in [0.25, 0.3) is 10.9 Å². The maximum absolute atomic E-state index is 13.9. The molecular formula is C17H19FN2O2S. The van der Waals surface area contributed by atoms with E-state index in [0.29, 0.717) is 19.0 Å². The predicted molar refractivity (Wildman–Crippen MR) is 87.3 cm³/mol. The van der Waals surface area contributed by atoms with Gasteiger partial charge in [-0.15, -0.1) is 0 Å². The molecule has 0 bridgehead atoms. The van der Waals surface area contributed by atoms with E-state index in [4.69, 9.17) is 0 Å². The Morgan fingerprint density at radius 1 is 1.22 bits per heavy atom. The number of aromatic nitrogens is 1. The lowest BCUT2D eigenvalue weighted by atomic mass is 10.1. The van der Waals surface area contributed by atoms with Gasteiger partial charge in [-0.25, -0.2) is 12.8 Å². The highest BCUT2D eigenvalue weighted by atomic mass is 32.2. The average Bonchev–Trinajstić information content (AvgIpc) is 3.28. The maximum atomic E-state index is 13.9. The first-order chi connectivity index (χ1) is 11.0. The van der Waals surface area contributed by atoms with Gasteiger partial charge in [0.2, 0.25) is 0 Å². The summed E-state index contributed by atoms with van der Waals surface area (Å²) in [6.07, 6.45) is 4.58. The van der Waals surface area contributed by atoms with Crippen molar-refractivity contribution in [3.8, 4) is 0 Å². The van der Waals surface area contributed by atoms with Crippen molar-refractivity contribution in [2.75, 3.05) is 11.5 Å². The summed E-state index contributed by atoms with van der Waals surface area (Å²) in [5.41, 5.74) is 1.65. The molecule has 4 nitrogen and oxygen atoms in total. The molecule has 23 heavy (non-hydrogen) atoms. The average molecular weight is 334 g/mol. The lowest BCUT2D eigenvalue weighted by Gasteiger charge is -2.28. The van der Waals surface area contributed by atoms with Crippen molar-refractivity contribution in [3.05, 3.63) is 41.8 Å². The molecule has 1 atom stereocenters. The summed E-state index contributed by atoms with van der Waals surface area (Å²) in [5.74, 6) is 0.225. The Labute approximate surface area is 135 Å². The molecule has 1 saturated carbocycles. The van der Waals surface area contributed by atoms with Crippen LogP contribution in [0, 0.1) is 5.82 Å². The number of nitrogens with zero attached hydrogens (tertiary/aromatic N) is 2. The summed E-state index contributed by atoms with van der Waals surface area (Å²) in [5, 5.41) is 0.789. The summed E-state index contributed by atoms with van der Waals surface area (Å²) >= 11 is 0. The molecule has 0 N–H and O–H groups in total. The van der Waals surface area contributed by atoms with Gasteiger partial charge in [-0.2, -0.15) is 0 Å². The third-order valence-electron chi connectivity index (χ3n) is 4.79. The first-order valence-electron chi connectivity index (χ1n) is 8.01. The predicted octanol–water partition coefficient (Wildman–Crippen LogP) is 2.53. The second kappa shape index (κ2) is 5.53. The molecule has 2 heterocycles. The minimum atomic E-state index is -2.92.